The van der Waals surface area contributed by atoms with Crippen LogP contribution < -0.4 is 0 Å². The fraction of sp³-hybridized carbons (Fsp3) is 0.677. The summed E-state index contributed by atoms with van der Waals surface area (Å²) in [6.45, 7) is 20.2. The minimum atomic E-state index is -2.27. The number of allylic oxidation sites excluding steroid dienone is 1. The Kier molecular flexibility index (Phi) is 9.77. The Hall–Kier alpha value is -1.59. The van der Waals surface area contributed by atoms with Gasteiger partial charge in [-0.1, -0.05) is 92.5 Å². The van der Waals surface area contributed by atoms with E-state index in [1.807, 2.05) is 30.5 Å². The first kappa shape index (κ1) is 30.0. The van der Waals surface area contributed by atoms with Crippen molar-refractivity contribution in [1.82, 2.24) is 4.90 Å². The maximum Gasteiger partial charge on any atom is 0.414 e. The summed E-state index contributed by atoms with van der Waals surface area (Å²) in [5.41, 5.74) is 2.03. The summed E-state index contributed by atoms with van der Waals surface area (Å²) in [5, 5.41) is 1.53. The zero-order valence-corrected chi connectivity index (χ0v) is 26.1. The van der Waals surface area contributed by atoms with Gasteiger partial charge in [0, 0.05) is 17.6 Å². The monoisotopic (exact) mass is 545 g/mol. The van der Waals surface area contributed by atoms with Crippen molar-refractivity contribution in [2.75, 3.05) is 0 Å². The number of benzene rings is 1. The number of Topliss-reactive ketones (excluding diaryl/α,β-unsaturated/α-hetero) is 1. The molecule has 3 rings (SSSR count). The van der Waals surface area contributed by atoms with E-state index in [2.05, 4.69) is 62.3 Å². The summed E-state index contributed by atoms with van der Waals surface area (Å²) in [6.07, 6.45) is 4.92. The average Bonchev–Trinajstić information content (AvgIpc) is 2.79. The molecule has 1 aromatic rings. The number of hydrogen-bond donors (Lipinski definition) is 0. The van der Waals surface area contributed by atoms with Crippen LogP contribution in [0, 0.1) is 17.8 Å². The first-order valence-electron chi connectivity index (χ1n) is 14.3. The second-order valence-corrected chi connectivity index (χ2v) is 19.1. The van der Waals surface area contributed by atoms with Gasteiger partial charge < -0.3 is 4.74 Å². The van der Waals surface area contributed by atoms with Crippen molar-refractivity contribution in [3.63, 3.8) is 0 Å². The Morgan fingerprint density at radius 3 is 2.05 bits per heavy atom. The highest BCUT2D eigenvalue weighted by molar-refractivity contribution is 6.93. The van der Waals surface area contributed by atoms with E-state index in [4.69, 9.17) is 16.3 Å². The SMILES string of the molecule is CC(C)[C@@H]1CC[C@@H](C)C[C@H]1OC(=O)N1C=C([Si](C(C)C)(C(C)C)C(C)C)C(=O)C[C@H]1c1ccc(Cl)cc1. The maximum absolute atomic E-state index is 14.0. The Morgan fingerprint density at radius 1 is 0.973 bits per heavy atom. The fourth-order valence-corrected chi connectivity index (χ4v) is 14.5. The number of carbonyl (C=O) groups is 2. The second kappa shape index (κ2) is 12.1. The van der Waals surface area contributed by atoms with Crippen LogP contribution >= 0.6 is 11.6 Å². The van der Waals surface area contributed by atoms with E-state index in [0.717, 1.165) is 23.6 Å². The molecule has 0 bridgehead atoms. The molecule has 2 aliphatic rings. The number of carbonyl (C=O) groups excluding carboxylic acids is 2. The molecule has 4 atom stereocenters. The van der Waals surface area contributed by atoms with Crippen molar-refractivity contribution < 1.29 is 14.3 Å². The molecule has 0 saturated heterocycles. The van der Waals surface area contributed by atoms with Gasteiger partial charge in [0.2, 0.25) is 0 Å². The Morgan fingerprint density at radius 2 is 1.54 bits per heavy atom. The zero-order chi connectivity index (χ0) is 27.7. The number of rotatable bonds is 7. The molecule has 1 aromatic carbocycles. The van der Waals surface area contributed by atoms with Crippen LogP contribution in [0.4, 0.5) is 4.79 Å². The van der Waals surface area contributed by atoms with Gasteiger partial charge >= 0.3 is 6.09 Å². The third kappa shape index (κ3) is 6.03. The molecule has 1 amide bonds. The number of ether oxygens (including phenoxy) is 1. The van der Waals surface area contributed by atoms with Crippen LogP contribution in [0.5, 0.6) is 0 Å². The number of halogens is 1. The lowest BCUT2D eigenvalue weighted by Crippen LogP contribution is -2.52. The van der Waals surface area contributed by atoms with Gasteiger partial charge in [0.1, 0.15) is 14.2 Å². The molecule has 4 nitrogen and oxygen atoms in total. The molecule has 0 spiro atoms. The van der Waals surface area contributed by atoms with Crippen LogP contribution in [0.25, 0.3) is 0 Å². The summed E-state index contributed by atoms with van der Waals surface area (Å²) in [6, 6.07) is 7.13. The molecular formula is C31H48ClNO3Si. The Bertz CT molecular complexity index is 963. The Labute approximate surface area is 231 Å². The minimum absolute atomic E-state index is 0.0982. The van der Waals surface area contributed by atoms with E-state index < -0.39 is 14.1 Å². The predicted molar refractivity (Wildman–Crippen MR) is 156 cm³/mol. The number of ketones is 1. The fourth-order valence-electron chi connectivity index (χ4n) is 7.56. The standard InChI is InChI=1S/C31H48ClNO3Si/c1-19(2)26-15-10-23(9)16-29(26)36-31(35)33-18-30(37(20(3)4,21(5)6)22(7)8)28(34)17-27(33)24-11-13-25(32)14-12-24/h11-14,18-23,26-27,29H,10,15-17H2,1-9H3/t23-,26+,27+,29-/m1/s1. The topological polar surface area (TPSA) is 46.6 Å². The molecule has 1 aliphatic carbocycles. The molecule has 6 heteroatoms. The van der Waals surface area contributed by atoms with Gasteiger partial charge in [-0.05, 0) is 70.1 Å². The first-order valence-corrected chi connectivity index (χ1v) is 16.9. The van der Waals surface area contributed by atoms with E-state index in [1.165, 1.54) is 6.42 Å². The van der Waals surface area contributed by atoms with Crippen LogP contribution in [0.2, 0.25) is 21.6 Å². The lowest BCUT2D eigenvalue weighted by atomic mass is 9.75. The van der Waals surface area contributed by atoms with Gasteiger partial charge in [-0.2, -0.15) is 0 Å². The van der Waals surface area contributed by atoms with Crippen LogP contribution in [0.15, 0.2) is 35.7 Å². The van der Waals surface area contributed by atoms with E-state index in [-0.39, 0.29) is 24.4 Å². The van der Waals surface area contributed by atoms with Crippen LogP contribution in [-0.2, 0) is 9.53 Å². The average molecular weight is 546 g/mol. The maximum atomic E-state index is 14.0. The third-order valence-corrected chi connectivity index (χ3v) is 16.6. The van der Waals surface area contributed by atoms with E-state index in [9.17, 15) is 9.59 Å². The molecule has 0 aromatic heterocycles. The summed E-state index contributed by atoms with van der Waals surface area (Å²) < 4.78 is 6.35. The highest BCUT2D eigenvalue weighted by Gasteiger charge is 2.51. The number of amides is 1. The van der Waals surface area contributed by atoms with Crippen molar-refractivity contribution >= 4 is 31.6 Å². The normalized spacial score (nSPS) is 25.3. The van der Waals surface area contributed by atoms with Crippen molar-refractivity contribution in [3.05, 3.63) is 46.2 Å². The van der Waals surface area contributed by atoms with Crippen molar-refractivity contribution in [2.24, 2.45) is 17.8 Å². The van der Waals surface area contributed by atoms with E-state index in [0.29, 0.717) is 39.4 Å². The van der Waals surface area contributed by atoms with Gasteiger partial charge in [-0.15, -0.1) is 0 Å². The summed E-state index contributed by atoms with van der Waals surface area (Å²) >= 11 is 6.18. The van der Waals surface area contributed by atoms with Gasteiger partial charge in [0.15, 0.2) is 5.78 Å². The number of nitrogens with zero attached hydrogens (tertiary/aromatic N) is 1. The van der Waals surface area contributed by atoms with E-state index in [1.54, 1.807) is 4.90 Å². The largest absolute Gasteiger partial charge is 0.446 e. The molecule has 1 saturated carbocycles. The Balaban J connectivity index is 2.09. The van der Waals surface area contributed by atoms with Crippen LogP contribution in [-0.4, -0.2) is 31.0 Å². The summed E-state index contributed by atoms with van der Waals surface area (Å²) in [4.78, 5) is 29.7. The highest BCUT2D eigenvalue weighted by atomic mass is 35.5. The molecule has 0 unspecified atom stereocenters. The van der Waals surface area contributed by atoms with Gasteiger partial charge in [-0.3, -0.25) is 9.69 Å². The van der Waals surface area contributed by atoms with E-state index >= 15 is 0 Å². The lowest BCUT2D eigenvalue weighted by molar-refractivity contribution is -0.116. The molecule has 206 valence electrons. The zero-order valence-electron chi connectivity index (χ0n) is 24.4. The van der Waals surface area contributed by atoms with Crippen molar-refractivity contribution in [2.45, 2.75) is 117 Å². The summed E-state index contributed by atoms with van der Waals surface area (Å²) in [5.74, 6) is 1.53. The molecule has 1 aliphatic heterocycles. The lowest BCUT2D eigenvalue weighted by Gasteiger charge is -2.47. The third-order valence-electron chi connectivity index (χ3n) is 9.29. The molecular weight excluding hydrogens is 498 g/mol. The molecule has 37 heavy (non-hydrogen) atoms. The predicted octanol–water partition coefficient (Wildman–Crippen LogP) is 9.36. The minimum Gasteiger partial charge on any atom is -0.446 e. The van der Waals surface area contributed by atoms with Crippen molar-refractivity contribution in [1.29, 1.82) is 0 Å². The summed E-state index contributed by atoms with van der Waals surface area (Å²) in [7, 11) is -2.27. The quantitative estimate of drug-likeness (QED) is 0.320. The van der Waals surface area contributed by atoms with Crippen LogP contribution in [0.3, 0.4) is 0 Å². The molecule has 0 N–H and O–H groups in total. The van der Waals surface area contributed by atoms with Crippen molar-refractivity contribution in [3.8, 4) is 0 Å². The smallest absolute Gasteiger partial charge is 0.414 e. The molecule has 1 fully saturated rings. The highest BCUT2D eigenvalue weighted by Crippen LogP contribution is 2.49. The first-order chi connectivity index (χ1) is 17.3. The van der Waals surface area contributed by atoms with Crippen LogP contribution in [0.1, 0.15) is 99.6 Å². The number of hydrogen-bond acceptors (Lipinski definition) is 3. The second-order valence-electron chi connectivity index (χ2n) is 12.8. The van der Waals surface area contributed by atoms with Gasteiger partial charge in [0.05, 0.1) is 6.04 Å². The molecule has 0 radical (unpaired) electrons. The van der Waals surface area contributed by atoms with Gasteiger partial charge in [0.25, 0.3) is 0 Å². The molecule has 1 heterocycles. The van der Waals surface area contributed by atoms with Gasteiger partial charge in [-0.25, -0.2) is 4.79 Å².